The molecule has 1 heterocycles. The smallest absolute Gasteiger partial charge is 0.354 e. The fourth-order valence-corrected chi connectivity index (χ4v) is 1.98. The molecule has 0 aliphatic heterocycles. The van der Waals surface area contributed by atoms with Crippen molar-refractivity contribution in [2.75, 3.05) is 0 Å². The Labute approximate surface area is 138 Å². The van der Waals surface area contributed by atoms with Gasteiger partial charge in [0, 0.05) is 5.56 Å². The quantitative estimate of drug-likeness (QED) is 0.834. The lowest BCUT2D eigenvalue weighted by molar-refractivity contribution is -0.0667. The summed E-state index contributed by atoms with van der Waals surface area (Å²) in [5.41, 5.74) is -0.281. The van der Waals surface area contributed by atoms with E-state index in [1.54, 1.807) is 0 Å². The third-order valence-corrected chi connectivity index (χ3v) is 3.45. The Kier molecular flexibility index (Phi) is 5.33. The number of pyridine rings is 1. The molecule has 0 amide bonds. The Hall–Kier alpha value is -1.99. The average Bonchev–Trinajstić information content (AvgIpc) is 2.50. The molecule has 23 heavy (non-hydrogen) atoms. The molecule has 1 aromatic heterocycles. The van der Waals surface area contributed by atoms with Gasteiger partial charge >= 0.3 is 12.4 Å². The summed E-state index contributed by atoms with van der Waals surface area (Å²) in [7, 11) is 0. The highest BCUT2D eigenvalue weighted by Crippen LogP contribution is 2.34. The van der Waals surface area contributed by atoms with E-state index in [0.717, 1.165) is 12.1 Å². The minimum atomic E-state index is -3.36. The normalized spacial score (nSPS) is 12.3. The number of benzene rings is 1. The first-order chi connectivity index (χ1) is 10.8. The maximum atomic E-state index is 13.1. The van der Waals surface area contributed by atoms with E-state index < -0.39 is 18.8 Å². The van der Waals surface area contributed by atoms with Gasteiger partial charge in [0.25, 0.3) is 6.36 Å². The van der Waals surface area contributed by atoms with E-state index in [4.69, 9.17) is 28.3 Å². The number of aromatic nitrogens is 1. The summed E-state index contributed by atoms with van der Waals surface area (Å²) in [4.78, 5) is 14.8. The first kappa shape index (κ1) is 17.4. The molecule has 1 N–H and O–H groups in total. The molecule has 9 heteroatoms. The van der Waals surface area contributed by atoms with Crippen LogP contribution >= 0.6 is 23.2 Å². The van der Waals surface area contributed by atoms with Crippen LogP contribution in [0.25, 0.3) is 11.3 Å². The number of hydrogen-bond acceptors (Lipinski definition) is 3. The van der Waals surface area contributed by atoms with Gasteiger partial charge in [0.1, 0.15) is 17.1 Å². The summed E-state index contributed by atoms with van der Waals surface area (Å²) in [6.07, 6.45) is -6.25. The van der Waals surface area contributed by atoms with Crippen LogP contribution in [-0.4, -0.2) is 28.8 Å². The summed E-state index contributed by atoms with van der Waals surface area (Å²) in [6, 6.07) is 6.21. The van der Waals surface area contributed by atoms with Gasteiger partial charge in [-0.15, -0.1) is 0 Å². The molecule has 0 fully saturated rings. The Balaban J connectivity index is 2.54. The van der Waals surface area contributed by atoms with Gasteiger partial charge in [0.15, 0.2) is 0 Å². The number of alkyl halides is 3. The van der Waals surface area contributed by atoms with Crippen LogP contribution in [0.15, 0.2) is 30.3 Å². The first-order valence-electron chi connectivity index (χ1n) is 6.08. The van der Waals surface area contributed by atoms with E-state index in [-0.39, 0.29) is 32.7 Å². The molecule has 1 unspecified atom stereocenters. The molecule has 122 valence electrons. The second-order valence-electron chi connectivity index (χ2n) is 4.28. The monoisotopic (exact) mass is 365 g/mol. The number of carboxylic acids is 1. The van der Waals surface area contributed by atoms with E-state index in [1.165, 1.54) is 18.2 Å². The number of hydrogen-bond donors (Lipinski definition) is 1. The highest BCUT2D eigenvalue weighted by Gasteiger charge is 2.24. The molecule has 0 saturated carbocycles. The van der Waals surface area contributed by atoms with Gasteiger partial charge in [-0.25, -0.2) is 18.6 Å². The molecule has 4 nitrogen and oxygen atoms in total. The van der Waals surface area contributed by atoms with Gasteiger partial charge in [-0.1, -0.05) is 29.3 Å². The van der Waals surface area contributed by atoms with Crippen molar-refractivity contribution >= 4 is 29.2 Å². The maximum Gasteiger partial charge on any atom is 0.354 e. The number of carbonyl (C=O) groups is 1. The minimum Gasteiger partial charge on any atom is -0.477 e. The van der Waals surface area contributed by atoms with Crippen molar-refractivity contribution in [3.63, 3.8) is 0 Å². The lowest BCUT2D eigenvalue weighted by Gasteiger charge is -2.14. The molecule has 0 spiro atoms. The van der Waals surface area contributed by atoms with E-state index >= 15 is 0 Å². The molecule has 0 aliphatic rings. The Morgan fingerprint density at radius 3 is 2.39 bits per heavy atom. The van der Waals surface area contributed by atoms with Crippen molar-refractivity contribution in [1.29, 1.82) is 0 Å². The maximum absolute atomic E-state index is 13.1. The van der Waals surface area contributed by atoms with Crippen LogP contribution in [0.5, 0.6) is 5.75 Å². The predicted molar refractivity (Wildman–Crippen MR) is 78.2 cm³/mol. The lowest BCUT2D eigenvalue weighted by Crippen LogP contribution is -2.20. The zero-order valence-electron chi connectivity index (χ0n) is 11.1. The SMILES string of the molecule is O=C(O)c1ccc(OC(F)C(F)F)c(-c2ccc(Cl)c(Cl)c2)n1. The van der Waals surface area contributed by atoms with Crippen LogP contribution in [-0.2, 0) is 0 Å². The second-order valence-corrected chi connectivity index (χ2v) is 5.10. The zero-order chi connectivity index (χ0) is 17.1. The molecular weight excluding hydrogens is 358 g/mol. The van der Waals surface area contributed by atoms with E-state index in [1.807, 2.05) is 0 Å². The standard InChI is InChI=1S/C14H8Cl2F3NO3/c15-7-2-1-6(5-8(7)16)11-10(23-13(19)12(17)18)4-3-9(20-11)14(21)22/h1-5,12-13H,(H,21,22). The molecule has 0 radical (unpaired) electrons. The zero-order valence-corrected chi connectivity index (χ0v) is 12.7. The summed E-state index contributed by atoms with van der Waals surface area (Å²) < 4.78 is 42.3. The van der Waals surface area contributed by atoms with Crippen LogP contribution in [0.1, 0.15) is 10.5 Å². The average molecular weight is 366 g/mol. The van der Waals surface area contributed by atoms with E-state index in [2.05, 4.69) is 9.72 Å². The molecule has 2 aromatic rings. The second kappa shape index (κ2) is 7.06. The molecule has 2 rings (SSSR count). The summed E-state index contributed by atoms with van der Waals surface area (Å²) in [5, 5.41) is 9.32. The van der Waals surface area contributed by atoms with Crippen LogP contribution < -0.4 is 4.74 Å². The minimum absolute atomic E-state index is 0.128. The molecule has 0 aliphatic carbocycles. The van der Waals surface area contributed by atoms with Crippen molar-refractivity contribution in [3.8, 4) is 17.0 Å². The van der Waals surface area contributed by atoms with Crippen LogP contribution in [0.4, 0.5) is 13.2 Å². The molecule has 1 atom stereocenters. The number of aromatic carboxylic acids is 1. The van der Waals surface area contributed by atoms with Crippen LogP contribution in [0.2, 0.25) is 10.0 Å². The Morgan fingerprint density at radius 2 is 1.83 bits per heavy atom. The van der Waals surface area contributed by atoms with Gasteiger partial charge in [0.2, 0.25) is 0 Å². The summed E-state index contributed by atoms with van der Waals surface area (Å²) in [6.45, 7) is 0. The molecular formula is C14H8Cl2F3NO3. The summed E-state index contributed by atoms with van der Waals surface area (Å²) in [5.74, 6) is -1.69. The third kappa shape index (κ3) is 4.05. The lowest BCUT2D eigenvalue weighted by atomic mass is 10.1. The van der Waals surface area contributed by atoms with Crippen molar-refractivity contribution in [3.05, 3.63) is 46.1 Å². The van der Waals surface area contributed by atoms with Gasteiger partial charge in [-0.05, 0) is 24.3 Å². The Morgan fingerprint density at radius 1 is 1.13 bits per heavy atom. The van der Waals surface area contributed by atoms with E-state index in [9.17, 15) is 18.0 Å². The van der Waals surface area contributed by atoms with Crippen LogP contribution in [0, 0.1) is 0 Å². The number of halogens is 5. The fourth-order valence-electron chi connectivity index (χ4n) is 1.68. The van der Waals surface area contributed by atoms with Crippen molar-refractivity contribution in [2.45, 2.75) is 12.8 Å². The van der Waals surface area contributed by atoms with Gasteiger partial charge in [0.05, 0.1) is 10.0 Å². The fraction of sp³-hybridized carbons (Fsp3) is 0.143. The van der Waals surface area contributed by atoms with E-state index in [0.29, 0.717) is 0 Å². The predicted octanol–water partition coefficient (Wildman–Crippen LogP) is 4.69. The highest BCUT2D eigenvalue weighted by molar-refractivity contribution is 6.42. The third-order valence-electron chi connectivity index (χ3n) is 2.71. The van der Waals surface area contributed by atoms with Gasteiger partial charge in [-0.3, -0.25) is 0 Å². The number of ether oxygens (including phenoxy) is 1. The highest BCUT2D eigenvalue weighted by atomic mass is 35.5. The number of rotatable bonds is 5. The number of nitrogens with zero attached hydrogens (tertiary/aromatic N) is 1. The summed E-state index contributed by atoms with van der Waals surface area (Å²) >= 11 is 11.6. The molecule has 0 bridgehead atoms. The Bertz CT molecular complexity index is 743. The largest absolute Gasteiger partial charge is 0.477 e. The van der Waals surface area contributed by atoms with Crippen LogP contribution in [0.3, 0.4) is 0 Å². The van der Waals surface area contributed by atoms with Crippen molar-refractivity contribution in [2.24, 2.45) is 0 Å². The number of carboxylic acid groups (broad SMARTS) is 1. The topological polar surface area (TPSA) is 59.4 Å². The van der Waals surface area contributed by atoms with Gasteiger partial charge < -0.3 is 9.84 Å². The molecule has 0 saturated heterocycles. The molecule has 1 aromatic carbocycles. The van der Waals surface area contributed by atoms with Gasteiger partial charge in [-0.2, -0.15) is 4.39 Å². The van der Waals surface area contributed by atoms with Crippen molar-refractivity contribution < 1.29 is 27.8 Å². The first-order valence-corrected chi connectivity index (χ1v) is 6.84. The van der Waals surface area contributed by atoms with Crippen molar-refractivity contribution in [1.82, 2.24) is 4.98 Å².